The lowest BCUT2D eigenvalue weighted by molar-refractivity contribution is -0.139. The Labute approximate surface area is 271 Å². The Morgan fingerprint density at radius 2 is 1.83 bits per heavy atom. The van der Waals surface area contributed by atoms with Gasteiger partial charge in [-0.25, -0.2) is 14.2 Å². The number of carbonyl (C=O) groups is 2. The third kappa shape index (κ3) is 7.41. The van der Waals surface area contributed by atoms with Crippen molar-refractivity contribution in [2.24, 2.45) is 11.1 Å². The summed E-state index contributed by atoms with van der Waals surface area (Å²) in [4.78, 5) is 37.5. The Hall–Kier alpha value is -5.29. The monoisotopic (exact) mass is 638 g/mol. The van der Waals surface area contributed by atoms with Crippen LogP contribution in [0, 0.1) is 18.7 Å². The molecule has 11 heteroatoms. The van der Waals surface area contributed by atoms with E-state index >= 15 is 4.39 Å². The summed E-state index contributed by atoms with van der Waals surface area (Å²) < 4.78 is 26.7. The number of aromatic nitrogens is 1. The molecule has 4 aromatic rings. The molecule has 1 fully saturated rings. The molecule has 10 nitrogen and oxygen atoms in total. The van der Waals surface area contributed by atoms with E-state index in [2.05, 4.69) is 20.4 Å². The standard InChI is InChI=1S/C36H35FN4O6/c1-22-3-7-25(8-4-22)30-11-12-32(46-30)35(42)39-29(36(43)44)20-24-6-9-27(28(37)19-24)34-23(2)5-10-31(47-40-34)26-13-14-38-33(21-26)41-15-17-45-18-16-41/h3-4,6-14,19,21,23,29H,5,15-18,20H2,1-2H3,(H,39,42)(H,43,44). The van der Waals surface area contributed by atoms with Crippen LogP contribution in [0.15, 0.2) is 88.6 Å². The van der Waals surface area contributed by atoms with Crippen molar-refractivity contribution >= 4 is 29.2 Å². The number of nitrogens with zero attached hydrogens (tertiary/aromatic N) is 3. The number of allylic oxidation sites excluding steroid dienone is 1. The zero-order valence-electron chi connectivity index (χ0n) is 26.1. The number of nitrogens with one attached hydrogen (secondary N) is 1. The number of hydrogen-bond acceptors (Lipinski definition) is 8. The fourth-order valence-corrected chi connectivity index (χ4v) is 5.53. The van der Waals surface area contributed by atoms with Crippen LogP contribution in [0.25, 0.3) is 17.1 Å². The van der Waals surface area contributed by atoms with Crippen LogP contribution in [0.5, 0.6) is 0 Å². The summed E-state index contributed by atoms with van der Waals surface area (Å²) in [5.41, 5.74) is 3.79. The molecule has 47 heavy (non-hydrogen) atoms. The van der Waals surface area contributed by atoms with Gasteiger partial charge in [-0.05, 0) is 61.4 Å². The molecular formula is C36H35FN4O6. The van der Waals surface area contributed by atoms with Gasteiger partial charge in [0, 0.05) is 48.3 Å². The zero-order valence-corrected chi connectivity index (χ0v) is 26.1. The van der Waals surface area contributed by atoms with Crippen LogP contribution in [-0.4, -0.2) is 60.0 Å². The largest absolute Gasteiger partial charge is 0.480 e. The normalized spacial score (nSPS) is 17.2. The average Bonchev–Trinajstić information content (AvgIpc) is 3.50. The van der Waals surface area contributed by atoms with Crippen LogP contribution in [0.3, 0.4) is 0 Å². The van der Waals surface area contributed by atoms with Gasteiger partial charge in [0.1, 0.15) is 23.4 Å². The number of pyridine rings is 1. The van der Waals surface area contributed by atoms with Gasteiger partial charge in [-0.1, -0.05) is 48.0 Å². The predicted octanol–water partition coefficient (Wildman–Crippen LogP) is 5.85. The number of oxime groups is 1. The van der Waals surface area contributed by atoms with E-state index in [1.165, 1.54) is 12.1 Å². The van der Waals surface area contributed by atoms with Gasteiger partial charge >= 0.3 is 5.97 Å². The highest BCUT2D eigenvalue weighted by Crippen LogP contribution is 2.28. The lowest BCUT2D eigenvalue weighted by Gasteiger charge is -2.28. The third-order valence-electron chi connectivity index (χ3n) is 8.25. The number of morpholine rings is 1. The molecule has 2 N–H and O–H groups in total. The first kappa shape index (κ1) is 31.7. The second-order valence-corrected chi connectivity index (χ2v) is 11.7. The average molecular weight is 639 g/mol. The second-order valence-electron chi connectivity index (χ2n) is 11.7. The zero-order chi connectivity index (χ0) is 32.9. The number of halogens is 1. The van der Waals surface area contributed by atoms with Crippen molar-refractivity contribution in [3.63, 3.8) is 0 Å². The van der Waals surface area contributed by atoms with Gasteiger partial charge in [-0.15, -0.1) is 0 Å². The fraction of sp³-hybridized carbons (Fsp3) is 0.278. The van der Waals surface area contributed by atoms with Crippen molar-refractivity contribution in [3.05, 3.63) is 113 Å². The Balaban J connectivity index is 1.13. The van der Waals surface area contributed by atoms with E-state index in [1.54, 1.807) is 24.4 Å². The fourth-order valence-electron chi connectivity index (χ4n) is 5.53. The van der Waals surface area contributed by atoms with Gasteiger partial charge < -0.3 is 29.3 Å². The van der Waals surface area contributed by atoms with Crippen molar-refractivity contribution in [2.45, 2.75) is 32.7 Å². The van der Waals surface area contributed by atoms with E-state index in [-0.39, 0.29) is 23.7 Å². The van der Waals surface area contributed by atoms with E-state index in [0.29, 0.717) is 42.4 Å². The number of carboxylic acid groups (broad SMARTS) is 1. The number of carbonyl (C=O) groups excluding carboxylic acids is 1. The van der Waals surface area contributed by atoms with Gasteiger partial charge in [0.2, 0.25) is 0 Å². The van der Waals surface area contributed by atoms with Crippen LogP contribution in [-0.2, 0) is 20.8 Å². The summed E-state index contributed by atoms with van der Waals surface area (Å²) in [6, 6.07) is 17.7. The van der Waals surface area contributed by atoms with Gasteiger partial charge in [-0.3, -0.25) is 4.79 Å². The molecule has 2 aliphatic rings. The van der Waals surface area contributed by atoms with Gasteiger partial charge in [0.05, 0.1) is 18.9 Å². The molecule has 0 radical (unpaired) electrons. The van der Waals surface area contributed by atoms with Crippen LogP contribution in [0.1, 0.15) is 46.2 Å². The molecule has 0 aliphatic carbocycles. The predicted molar refractivity (Wildman–Crippen MR) is 175 cm³/mol. The van der Waals surface area contributed by atoms with E-state index < -0.39 is 23.7 Å². The van der Waals surface area contributed by atoms with Crippen LogP contribution >= 0.6 is 0 Å². The summed E-state index contributed by atoms with van der Waals surface area (Å²) >= 11 is 0. The quantitative estimate of drug-likeness (QED) is 0.234. The highest BCUT2D eigenvalue weighted by atomic mass is 19.1. The van der Waals surface area contributed by atoms with E-state index in [0.717, 1.165) is 35.6 Å². The Morgan fingerprint density at radius 1 is 1.04 bits per heavy atom. The minimum Gasteiger partial charge on any atom is -0.480 e. The highest BCUT2D eigenvalue weighted by Gasteiger charge is 2.26. The maximum absolute atomic E-state index is 15.6. The minimum atomic E-state index is -1.31. The molecule has 2 aromatic heterocycles. The molecule has 0 saturated carbocycles. The molecule has 6 rings (SSSR count). The van der Waals surface area contributed by atoms with E-state index in [4.69, 9.17) is 14.0 Å². The van der Waals surface area contributed by atoms with E-state index in [9.17, 15) is 14.7 Å². The molecule has 1 saturated heterocycles. The number of amides is 1. The van der Waals surface area contributed by atoms with Gasteiger partial charge in [0.15, 0.2) is 11.5 Å². The van der Waals surface area contributed by atoms with Gasteiger partial charge in [-0.2, -0.15) is 0 Å². The number of ether oxygens (including phenoxy) is 1. The summed E-state index contributed by atoms with van der Waals surface area (Å²) in [6.45, 7) is 6.71. The number of benzene rings is 2. The number of rotatable bonds is 9. The maximum Gasteiger partial charge on any atom is 0.326 e. The van der Waals surface area contributed by atoms with Crippen molar-refractivity contribution < 1.29 is 33.1 Å². The molecule has 0 bridgehead atoms. The smallest absolute Gasteiger partial charge is 0.326 e. The Bertz CT molecular complexity index is 1830. The molecule has 4 heterocycles. The number of aliphatic carboxylic acids is 1. The number of furan rings is 1. The summed E-state index contributed by atoms with van der Waals surface area (Å²) in [7, 11) is 0. The summed E-state index contributed by atoms with van der Waals surface area (Å²) in [6.07, 6.45) is 4.10. The molecule has 2 aromatic carbocycles. The lowest BCUT2D eigenvalue weighted by Crippen LogP contribution is -2.42. The number of anilines is 1. The highest BCUT2D eigenvalue weighted by molar-refractivity contribution is 6.02. The number of hydrogen-bond donors (Lipinski definition) is 2. The first-order chi connectivity index (χ1) is 22.7. The molecule has 242 valence electrons. The van der Waals surface area contributed by atoms with Crippen molar-refractivity contribution in [3.8, 4) is 11.3 Å². The van der Waals surface area contributed by atoms with Crippen molar-refractivity contribution in [2.75, 3.05) is 31.2 Å². The molecular weight excluding hydrogens is 603 g/mol. The minimum absolute atomic E-state index is 0.0224. The van der Waals surface area contributed by atoms with Crippen molar-refractivity contribution in [1.29, 1.82) is 0 Å². The molecule has 2 aliphatic heterocycles. The SMILES string of the molecule is Cc1ccc(-c2ccc(C(=O)NC(Cc3ccc(C4=NOC(c5ccnc(N6CCOCC6)c5)=CCC4C)c(F)c3)C(=O)O)o2)cc1. The topological polar surface area (TPSA) is 126 Å². The lowest BCUT2D eigenvalue weighted by atomic mass is 9.93. The first-order valence-corrected chi connectivity index (χ1v) is 15.5. The van der Waals surface area contributed by atoms with Crippen LogP contribution < -0.4 is 10.2 Å². The Morgan fingerprint density at radius 3 is 2.57 bits per heavy atom. The van der Waals surface area contributed by atoms with Crippen LogP contribution in [0.4, 0.5) is 10.2 Å². The maximum atomic E-state index is 15.6. The number of aryl methyl sites for hydroxylation is 1. The number of carboxylic acids is 1. The summed E-state index contributed by atoms with van der Waals surface area (Å²) in [5, 5.41) is 16.7. The second kappa shape index (κ2) is 14.0. The van der Waals surface area contributed by atoms with E-state index in [1.807, 2.05) is 56.3 Å². The molecule has 2 unspecified atom stereocenters. The molecule has 2 atom stereocenters. The Kier molecular flexibility index (Phi) is 9.44. The first-order valence-electron chi connectivity index (χ1n) is 15.5. The molecule has 0 spiro atoms. The summed E-state index contributed by atoms with van der Waals surface area (Å²) in [5.74, 6) is -0.809. The van der Waals surface area contributed by atoms with Crippen molar-refractivity contribution in [1.82, 2.24) is 10.3 Å². The van der Waals surface area contributed by atoms with Crippen LogP contribution in [0.2, 0.25) is 0 Å². The van der Waals surface area contributed by atoms with Gasteiger partial charge in [0.25, 0.3) is 5.91 Å². The molecule has 1 amide bonds. The third-order valence-corrected chi connectivity index (χ3v) is 8.25.